The van der Waals surface area contributed by atoms with Crippen LogP contribution < -0.4 is 20.1 Å². The van der Waals surface area contributed by atoms with Crippen LogP contribution in [0.1, 0.15) is 29.9 Å². The molecule has 0 spiro atoms. The first kappa shape index (κ1) is 22.8. The van der Waals surface area contributed by atoms with Gasteiger partial charge in [-0.3, -0.25) is 4.79 Å². The molecule has 7 heteroatoms. The Balaban J connectivity index is 1.17. The van der Waals surface area contributed by atoms with Gasteiger partial charge in [-0.15, -0.1) is 0 Å². The standard InChI is InChI=1S/C28H29N3O4/c1-34-25-13-7-4-10-22(25)30-28(33)31-16-14-19(15-17-31)18-29-27(32)26-20-8-2-5-11-23(20)35-24-12-6-3-9-21(24)26/h2-13,19,26H,14-18H2,1H3,(H,29,32)(H,30,33). The third-order valence-corrected chi connectivity index (χ3v) is 6.76. The molecule has 180 valence electrons. The Morgan fingerprint density at radius 3 is 2.17 bits per heavy atom. The number of rotatable bonds is 5. The van der Waals surface area contributed by atoms with Gasteiger partial charge in [0.1, 0.15) is 17.2 Å². The molecule has 3 aromatic carbocycles. The van der Waals surface area contributed by atoms with Gasteiger partial charge in [0.05, 0.1) is 18.7 Å². The summed E-state index contributed by atoms with van der Waals surface area (Å²) < 4.78 is 11.3. The molecule has 0 unspecified atom stereocenters. The summed E-state index contributed by atoms with van der Waals surface area (Å²) in [6.45, 7) is 1.87. The average molecular weight is 472 g/mol. The van der Waals surface area contributed by atoms with Gasteiger partial charge in [-0.25, -0.2) is 4.79 Å². The predicted octanol–water partition coefficient (Wildman–Crippen LogP) is 4.99. The number of fused-ring (bicyclic) bond motifs is 2. The number of amides is 3. The van der Waals surface area contributed by atoms with Crippen LogP contribution in [0.2, 0.25) is 0 Å². The molecule has 3 amide bonds. The number of likely N-dealkylation sites (tertiary alicyclic amines) is 1. The van der Waals surface area contributed by atoms with Crippen molar-refractivity contribution in [2.45, 2.75) is 18.8 Å². The molecule has 0 radical (unpaired) electrons. The van der Waals surface area contributed by atoms with Crippen molar-refractivity contribution < 1.29 is 19.1 Å². The number of ether oxygens (including phenoxy) is 2. The number of anilines is 1. The largest absolute Gasteiger partial charge is 0.495 e. The molecule has 0 atom stereocenters. The first-order valence-corrected chi connectivity index (χ1v) is 12.0. The van der Waals surface area contributed by atoms with E-state index in [1.54, 1.807) is 7.11 Å². The highest BCUT2D eigenvalue weighted by Crippen LogP contribution is 2.43. The van der Waals surface area contributed by atoms with Gasteiger partial charge < -0.3 is 25.0 Å². The Kier molecular flexibility index (Phi) is 6.57. The molecular weight excluding hydrogens is 442 g/mol. The molecule has 0 bridgehead atoms. The number of nitrogens with one attached hydrogen (secondary N) is 2. The molecule has 5 rings (SSSR count). The van der Waals surface area contributed by atoms with Gasteiger partial charge in [-0.2, -0.15) is 0 Å². The van der Waals surface area contributed by atoms with Crippen LogP contribution in [0.4, 0.5) is 10.5 Å². The van der Waals surface area contributed by atoms with Crippen LogP contribution in [0.25, 0.3) is 0 Å². The second-order valence-electron chi connectivity index (χ2n) is 8.92. The van der Waals surface area contributed by atoms with E-state index < -0.39 is 5.92 Å². The van der Waals surface area contributed by atoms with Crippen LogP contribution >= 0.6 is 0 Å². The van der Waals surface area contributed by atoms with Crippen LogP contribution in [-0.4, -0.2) is 43.6 Å². The van der Waals surface area contributed by atoms with E-state index in [0.29, 0.717) is 37.0 Å². The Labute approximate surface area is 205 Å². The lowest BCUT2D eigenvalue weighted by atomic mass is 9.87. The molecular formula is C28H29N3O4. The van der Waals surface area contributed by atoms with E-state index in [1.807, 2.05) is 77.7 Å². The third-order valence-electron chi connectivity index (χ3n) is 6.76. The third kappa shape index (κ3) is 4.80. The molecule has 0 saturated carbocycles. The minimum Gasteiger partial charge on any atom is -0.495 e. The lowest BCUT2D eigenvalue weighted by Gasteiger charge is -2.33. The second-order valence-corrected chi connectivity index (χ2v) is 8.92. The summed E-state index contributed by atoms with van der Waals surface area (Å²) in [5, 5.41) is 6.11. The Morgan fingerprint density at radius 1 is 0.914 bits per heavy atom. The summed E-state index contributed by atoms with van der Waals surface area (Å²) >= 11 is 0. The molecule has 1 saturated heterocycles. The topological polar surface area (TPSA) is 79.9 Å². The van der Waals surface area contributed by atoms with Crippen molar-refractivity contribution in [3.8, 4) is 17.2 Å². The molecule has 3 aromatic rings. The van der Waals surface area contributed by atoms with Crippen LogP contribution in [0.3, 0.4) is 0 Å². The number of benzene rings is 3. The van der Waals surface area contributed by atoms with Crippen molar-refractivity contribution in [1.29, 1.82) is 0 Å². The lowest BCUT2D eigenvalue weighted by Crippen LogP contribution is -2.44. The van der Waals surface area contributed by atoms with E-state index in [4.69, 9.17) is 9.47 Å². The van der Waals surface area contributed by atoms with E-state index >= 15 is 0 Å². The lowest BCUT2D eigenvalue weighted by molar-refractivity contribution is -0.122. The maximum absolute atomic E-state index is 13.3. The fraction of sp³-hybridized carbons (Fsp3) is 0.286. The molecule has 0 aromatic heterocycles. The summed E-state index contributed by atoms with van der Waals surface area (Å²) in [4.78, 5) is 27.9. The second kappa shape index (κ2) is 10.1. The average Bonchev–Trinajstić information content (AvgIpc) is 2.91. The highest BCUT2D eigenvalue weighted by atomic mass is 16.5. The summed E-state index contributed by atoms with van der Waals surface area (Å²) in [7, 11) is 1.59. The summed E-state index contributed by atoms with van der Waals surface area (Å²) in [6.07, 6.45) is 1.67. The van der Waals surface area contributed by atoms with Gasteiger partial charge >= 0.3 is 6.03 Å². The fourth-order valence-electron chi connectivity index (χ4n) is 4.82. The number of hydrogen-bond acceptors (Lipinski definition) is 4. The van der Waals surface area contributed by atoms with E-state index in [9.17, 15) is 9.59 Å². The molecule has 2 aliphatic rings. The minimum atomic E-state index is -0.400. The Morgan fingerprint density at radius 2 is 1.51 bits per heavy atom. The van der Waals surface area contributed by atoms with Crippen LogP contribution in [0.15, 0.2) is 72.8 Å². The van der Waals surface area contributed by atoms with E-state index in [1.165, 1.54) is 0 Å². The number of hydrogen-bond donors (Lipinski definition) is 2. The van der Waals surface area contributed by atoms with Crippen molar-refractivity contribution >= 4 is 17.6 Å². The van der Waals surface area contributed by atoms with Gasteiger partial charge in [-0.1, -0.05) is 48.5 Å². The number of methoxy groups -OCH3 is 1. The zero-order valence-corrected chi connectivity index (χ0v) is 19.7. The highest BCUT2D eigenvalue weighted by molar-refractivity contribution is 5.91. The van der Waals surface area contributed by atoms with E-state index in [2.05, 4.69) is 10.6 Å². The van der Waals surface area contributed by atoms with E-state index in [-0.39, 0.29) is 11.9 Å². The van der Waals surface area contributed by atoms with Gasteiger partial charge in [0.15, 0.2) is 0 Å². The summed E-state index contributed by atoms with van der Waals surface area (Å²) in [5.41, 5.74) is 2.42. The van der Waals surface area contributed by atoms with Gasteiger partial charge in [0.2, 0.25) is 5.91 Å². The van der Waals surface area contributed by atoms with Crippen LogP contribution in [0, 0.1) is 5.92 Å². The fourth-order valence-corrected chi connectivity index (χ4v) is 4.82. The maximum Gasteiger partial charge on any atom is 0.321 e. The summed E-state index contributed by atoms with van der Waals surface area (Å²) in [5.74, 6) is 1.98. The first-order valence-electron chi connectivity index (χ1n) is 12.0. The highest BCUT2D eigenvalue weighted by Gasteiger charge is 2.33. The van der Waals surface area contributed by atoms with Crippen molar-refractivity contribution in [2.24, 2.45) is 5.92 Å². The molecule has 2 heterocycles. The van der Waals surface area contributed by atoms with Crippen molar-refractivity contribution in [3.63, 3.8) is 0 Å². The molecule has 2 N–H and O–H groups in total. The van der Waals surface area contributed by atoms with E-state index in [0.717, 1.165) is 35.5 Å². The first-order chi connectivity index (χ1) is 17.1. The monoisotopic (exact) mass is 471 g/mol. The Bertz CT molecular complexity index is 1170. The van der Waals surface area contributed by atoms with Crippen LogP contribution in [-0.2, 0) is 4.79 Å². The van der Waals surface area contributed by atoms with Crippen molar-refractivity contribution in [2.75, 3.05) is 32.1 Å². The molecule has 7 nitrogen and oxygen atoms in total. The summed E-state index contributed by atoms with van der Waals surface area (Å²) in [6, 6.07) is 22.6. The predicted molar refractivity (Wildman–Crippen MR) is 134 cm³/mol. The normalized spacial score (nSPS) is 15.4. The van der Waals surface area contributed by atoms with Gasteiger partial charge in [0.25, 0.3) is 0 Å². The number of nitrogens with zero attached hydrogens (tertiary/aromatic N) is 1. The molecule has 35 heavy (non-hydrogen) atoms. The zero-order chi connectivity index (χ0) is 24.2. The molecule has 0 aliphatic carbocycles. The number of piperidine rings is 1. The van der Waals surface area contributed by atoms with Gasteiger partial charge in [0, 0.05) is 30.8 Å². The number of carbonyl (C=O) groups excluding carboxylic acids is 2. The van der Waals surface area contributed by atoms with Crippen molar-refractivity contribution in [1.82, 2.24) is 10.2 Å². The van der Waals surface area contributed by atoms with Crippen molar-refractivity contribution in [3.05, 3.63) is 83.9 Å². The maximum atomic E-state index is 13.3. The zero-order valence-electron chi connectivity index (χ0n) is 19.7. The van der Waals surface area contributed by atoms with Crippen LogP contribution in [0.5, 0.6) is 17.2 Å². The molecule has 2 aliphatic heterocycles. The number of carbonyl (C=O) groups is 2. The SMILES string of the molecule is COc1ccccc1NC(=O)N1CCC(CNC(=O)C2c3ccccc3Oc3ccccc32)CC1. The molecule has 1 fully saturated rings. The number of para-hydroxylation sites is 4. The van der Waals surface area contributed by atoms with Gasteiger partial charge in [-0.05, 0) is 43.0 Å². The quantitative estimate of drug-likeness (QED) is 0.549. The minimum absolute atomic E-state index is 0.0236. The number of urea groups is 1. The Hall–Kier alpha value is -4.00. The smallest absolute Gasteiger partial charge is 0.321 e.